The maximum atomic E-state index is 13.8. The summed E-state index contributed by atoms with van der Waals surface area (Å²) in [5.41, 5.74) is 1.45. The second-order valence-corrected chi connectivity index (χ2v) is 6.73. The molecule has 0 radical (unpaired) electrons. The van der Waals surface area contributed by atoms with E-state index < -0.39 is 0 Å². The highest BCUT2D eigenvalue weighted by Gasteiger charge is 2.13. The second kappa shape index (κ2) is 10.1. The molecular weight excluding hydrogens is 381 g/mol. The van der Waals surface area contributed by atoms with E-state index in [0.717, 1.165) is 25.1 Å². The van der Waals surface area contributed by atoms with Crippen molar-refractivity contribution in [1.82, 2.24) is 14.9 Å². The summed E-state index contributed by atoms with van der Waals surface area (Å²) in [5.74, 6) is 0.629. The Morgan fingerprint density at radius 1 is 1.25 bits per heavy atom. The summed E-state index contributed by atoms with van der Waals surface area (Å²) in [6.07, 6.45) is 6.53. The van der Waals surface area contributed by atoms with Gasteiger partial charge in [-0.15, -0.1) is 0 Å². The Morgan fingerprint density at radius 2 is 2.11 bits per heavy atom. The quantitative estimate of drug-likeness (QED) is 0.508. The van der Waals surface area contributed by atoms with Gasteiger partial charge in [0, 0.05) is 31.0 Å². The van der Waals surface area contributed by atoms with Gasteiger partial charge in [-0.2, -0.15) is 0 Å². The molecule has 0 atom stereocenters. The van der Waals surface area contributed by atoms with Crippen molar-refractivity contribution in [3.8, 4) is 11.5 Å². The molecule has 0 aliphatic carbocycles. The van der Waals surface area contributed by atoms with Crippen molar-refractivity contribution < 1.29 is 13.9 Å². The van der Waals surface area contributed by atoms with Crippen LogP contribution in [0.5, 0.6) is 11.5 Å². The predicted molar refractivity (Wildman–Crippen MR) is 107 cm³/mol. The fraction of sp³-hybridized carbons (Fsp3) is 0.286. The topological polar surface area (TPSA) is 48.3 Å². The molecule has 3 aromatic rings. The summed E-state index contributed by atoms with van der Waals surface area (Å²) in [7, 11) is 1.56. The average molecular weight is 404 g/mol. The van der Waals surface area contributed by atoms with Crippen LogP contribution in [-0.2, 0) is 19.7 Å². The molecule has 0 aliphatic rings. The molecule has 0 aliphatic heterocycles. The molecule has 0 saturated heterocycles. The van der Waals surface area contributed by atoms with Crippen LogP contribution in [0.25, 0.3) is 0 Å². The van der Waals surface area contributed by atoms with Crippen molar-refractivity contribution in [3.63, 3.8) is 0 Å². The number of halogens is 2. The molecule has 0 fully saturated rings. The minimum atomic E-state index is -0.311. The van der Waals surface area contributed by atoms with E-state index >= 15 is 0 Å². The van der Waals surface area contributed by atoms with E-state index in [1.807, 2.05) is 29.2 Å². The van der Waals surface area contributed by atoms with Crippen LogP contribution in [0.15, 0.2) is 55.1 Å². The molecule has 0 saturated carbocycles. The first kappa shape index (κ1) is 20.2. The third-order valence-corrected chi connectivity index (χ3v) is 4.56. The number of aryl methyl sites for hydroxylation is 1. The van der Waals surface area contributed by atoms with Crippen LogP contribution in [0.2, 0.25) is 5.02 Å². The Balaban J connectivity index is 1.55. The van der Waals surface area contributed by atoms with Gasteiger partial charge >= 0.3 is 0 Å². The highest BCUT2D eigenvalue weighted by molar-refractivity contribution is 6.32. The number of ether oxygens (including phenoxy) is 2. The lowest BCUT2D eigenvalue weighted by Gasteiger charge is -2.15. The first-order valence-electron chi connectivity index (χ1n) is 9.06. The Kier molecular flexibility index (Phi) is 7.28. The fourth-order valence-corrected chi connectivity index (χ4v) is 3.11. The van der Waals surface area contributed by atoms with Crippen LogP contribution < -0.4 is 14.8 Å². The number of nitrogens with zero attached hydrogens (tertiary/aromatic N) is 2. The van der Waals surface area contributed by atoms with E-state index in [1.165, 1.54) is 6.07 Å². The standard InChI is InChI=1S/C21H23ClFN3O2/c1-27-20-12-16(13-24-7-4-9-26-10-8-25-15-26)11-18(22)21(20)28-14-17-5-2-3-6-19(17)23/h2-3,5-6,8,10-12,15,24H,4,7,9,13-14H2,1H3. The zero-order valence-electron chi connectivity index (χ0n) is 15.7. The summed E-state index contributed by atoms with van der Waals surface area (Å²) >= 11 is 6.39. The van der Waals surface area contributed by atoms with Gasteiger partial charge in [0.1, 0.15) is 12.4 Å². The monoisotopic (exact) mass is 403 g/mol. The second-order valence-electron chi connectivity index (χ2n) is 6.32. The SMILES string of the molecule is COc1cc(CNCCCn2ccnc2)cc(Cl)c1OCc1ccccc1F. The van der Waals surface area contributed by atoms with Gasteiger partial charge in [-0.05, 0) is 36.7 Å². The molecule has 1 N–H and O–H groups in total. The van der Waals surface area contributed by atoms with E-state index in [0.29, 0.717) is 28.6 Å². The van der Waals surface area contributed by atoms with E-state index in [1.54, 1.807) is 31.5 Å². The lowest BCUT2D eigenvalue weighted by molar-refractivity contribution is 0.279. The molecule has 7 heteroatoms. The Hall–Kier alpha value is -2.57. The predicted octanol–water partition coefficient (Wildman–Crippen LogP) is 4.44. The molecule has 0 unspecified atom stereocenters. The van der Waals surface area contributed by atoms with Gasteiger partial charge in [0.05, 0.1) is 18.5 Å². The van der Waals surface area contributed by atoms with Crippen LogP contribution >= 0.6 is 11.6 Å². The van der Waals surface area contributed by atoms with E-state index in [9.17, 15) is 4.39 Å². The molecule has 1 heterocycles. The minimum Gasteiger partial charge on any atom is -0.493 e. The summed E-state index contributed by atoms with van der Waals surface area (Å²) in [5, 5.41) is 3.83. The van der Waals surface area contributed by atoms with E-state index in [2.05, 4.69) is 10.3 Å². The number of hydrogen-bond acceptors (Lipinski definition) is 4. The lowest BCUT2D eigenvalue weighted by atomic mass is 10.2. The molecule has 1 aromatic heterocycles. The number of aromatic nitrogens is 2. The number of benzene rings is 2. The number of methoxy groups -OCH3 is 1. The van der Waals surface area contributed by atoms with Crippen molar-refractivity contribution in [2.45, 2.75) is 26.1 Å². The molecule has 28 heavy (non-hydrogen) atoms. The minimum absolute atomic E-state index is 0.0780. The average Bonchev–Trinajstić information content (AvgIpc) is 3.21. The van der Waals surface area contributed by atoms with Gasteiger partial charge in [-0.25, -0.2) is 9.37 Å². The Bertz CT molecular complexity index is 887. The van der Waals surface area contributed by atoms with Crippen LogP contribution in [0, 0.1) is 5.82 Å². The number of rotatable bonds is 10. The normalized spacial score (nSPS) is 10.8. The molecule has 3 rings (SSSR count). The molecule has 2 aromatic carbocycles. The number of imidazole rings is 1. The Morgan fingerprint density at radius 3 is 2.86 bits per heavy atom. The lowest BCUT2D eigenvalue weighted by Crippen LogP contribution is -2.16. The van der Waals surface area contributed by atoms with Gasteiger partial charge < -0.3 is 19.4 Å². The van der Waals surface area contributed by atoms with Crippen LogP contribution in [-0.4, -0.2) is 23.2 Å². The molecule has 148 valence electrons. The van der Waals surface area contributed by atoms with Gasteiger partial charge in [-0.1, -0.05) is 29.8 Å². The van der Waals surface area contributed by atoms with Gasteiger partial charge in [0.15, 0.2) is 11.5 Å². The first-order valence-corrected chi connectivity index (χ1v) is 9.44. The third kappa shape index (κ3) is 5.47. The molecule has 0 amide bonds. The van der Waals surface area contributed by atoms with Crippen LogP contribution in [0.3, 0.4) is 0 Å². The smallest absolute Gasteiger partial charge is 0.180 e. The van der Waals surface area contributed by atoms with Gasteiger partial charge in [-0.3, -0.25) is 0 Å². The van der Waals surface area contributed by atoms with Crippen LogP contribution in [0.1, 0.15) is 17.5 Å². The summed E-state index contributed by atoms with van der Waals surface area (Å²) in [6.45, 7) is 2.52. The zero-order chi connectivity index (χ0) is 19.8. The van der Waals surface area contributed by atoms with Crippen molar-refractivity contribution in [1.29, 1.82) is 0 Å². The molecule has 0 bridgehead atoms. The summed E-state index contributed by atoms with van der Waals surface area (Å²) in [4.78, 5) is 4.03. The maximum Gasteiger partial charge on any atom is 0.180 e. The summed E-state index contributed by atoms with van der Waals surface area (Å²) < 4.78 is 27.0. The fourth-order valence-electron chi connectivity index (χ4n) is 2.82. The number of hydrogen-bond donors (Lipinski definition) is 1. The molecular formula is C21H23ClFN3O2. The van der Waals surface area contributed by atoms with Gasteiger partial charge in [0.2, 0.25) is 0 Å². The summed E-state index contributed by atoms with van der Waals surface area (Å²) in [6, 6.07) is 10.2. The van der Waals surface area contributed by atoms with E-state index in [-0.39, 0.29) is 12.4 Å². The highest BCUT2D eigenvalue weighted by Crippen LogP contribution is 2.37. The van der Waals surface area contributed by atoms with Crippen molar-refractivity contribution in [2.75, 3.05) is 13.7 Å². The highest BCUT2D eigenvalue weighted by atomic mass is 35.5. The van der Waals surface area contributed by atoms with E-state index in [4.69, 9.17) is 21.1 Å². The molecule has 0 spiro atoms. The van der Waals surface area contributed by atoms with Gasteiger partial charge in [0.25, 0.3) is 0 Å². The third-order valence-electron chi connectivity index (χ3n) is 4.28. The Labute approximate surface area is 169 Å². The van der Waals surface area contributed by atoms with Crippen LogP contribution in [0.4, 0.5) is 4.39 Å². The van der Waals surface area contributed by atoms with Crippen molar-refractivity contribution in [3.05, 3.63) is 77.1 Å². The zero-order valence-corrected chi connectivity index (χ0v) is 16.5. The van der Waals surface area contributed by atoms with Crippen molar-refractivity contribution in [2.24, 2.45) is 0 Å². The molecule has 5 nitrogen and oxygen atoms in total. The largest absolute Gasteiger partial charge is 0.493 e. The maximum absolute atomic E-state index is 13.8. The number of nitrogens with one attached hydrogen (secondary N) is 1. The first-order chi connectivity index (χ1) is 13.7. The van der Waals surface area contributed by atoms with Crippen molar-refractivity contribution >= 4 is 11.6 Å².